The molecule has 0 bridgehead atoms. The number of nitrogens with one attached hydrogen (secondary N) is 2. The molecule has 1 aromatic heterocycles. The van der Waals surface area contributed by atoms with Gasteiger partial charge in [-0.15, -0.1) is 10.2 Å². The van der Waals surface area contributed by atoms with Crippen LogP contribution in [0.25, 0.3) is 0 Å². The van der Waals surface area contributed by atoms with Crippen molar-refractivity contribution in [3.8, 4) is 11.5 Å². The summed E-state index contributed by atoms with van der Waals surface area (Å²) in [6, 6.07) is 18.7. The summed E-state index contributed by atoms with van der Waals surface area (Å²) in [7, 11) is 1.61. The molecule has 0 saturated carbocycles. The fraction of sp³-hybridized carbons (Fsp3) is 0.227. The van der Waals surface area contributed by atoms with Crippen molar-refractivity contribution in [3.05, 3.63) is 71.9 Å². The zero-order valence-electron chi connectivity index (χ0n) is 16.5. The maximum absolute atomic E-state index is 12.2. The normalized spacial score (nSPS) is 10.3. The van der Waals surface area contributed by atoms with Crippen LogP contribution in [0.5, 0.6) is 11.5 Å². The van der Waals surface area contributed by atoms with Crippen LogP contribution in [0, 0.1) is 0 Å². The Morgan fingerprint density at radius 2 is 1.72 bits per heavy atom. The van der Waals surface area contributed by atoms with Gasteiger partial charge in [-0.1, -0.05) is 25.1 Å². The average molecular weight is 392 g/mol. The van der Waals surface area contributed by atoms with Crippen LogP contribution in [0.3, 0.4) is 0 Å². The highest BCUT2D eigenvalue weighted by molar-refractivity contribution is 5.92. The minimum Gasteiger partial charge on any atom is -0.497 e. The Morgan fingerprint density at radius 1 is 0.966 bits per heavy atom. The molecule has 0 aliphatic rings. The molecule has 2 aromatic carbocycles. The number of methoxy groups -OCH3 is 1. The number of aromatic nitrogens is 2. The first-order chi connectivity index (χ1) is 14.2. The van der Waals surface area contributed by atoms with E-state index in [1.54, 1.807) is 19.2 Å². The topological polar surface area (TPSA) is 85.4 Å². The third kappa shape index (κ3) is 5.68. The van der Waals surface area contributed by atoms with Crippen molar-refractivity contribution >= 4 is 17.4 Å². The number of para-hydroxylation sites is 1. The predicted molar refractivity (Wildman–Crippen MR) is 112 cm³/mol. The number of aryl methyl sites for hydroxylation is 1. The van der Waals surface area contributed by atoms with Crippen LogP contribution >= 0.6 is 0 Å². The summed E-state index contributed by atoms with van der Waals surface area (Å²) in [5.74, 6) is 1.77. The molecule has 7 heteroatoms. The number of hydrogen-bond acceptors (Lipinski definition) is 6. The molecule has 0 atom stereocenters. The number of ether oxygens (including phenoxy) is 2. The lowest BCUT2D eigenvalue weighted by atomic mass is 10.1. The lowest BCUT2D eigenvalue weighted by Gasteiger charge is -2.10. The maximum atomic E-state index is 12.2. The largest absolute Gasteiger partial charge is 0.497 e. The highest BCUT2D eigenvalue weighted by atomic mass is 16.5. The van der Waals surface area contributed by atoms with Gasteiger partial charge in [-0.05, 0) is 54.4 Å². The Morgan fingerprint density at radius 3 is 2.41 bits per heavy atom. The molecule has 0 unspecified atom stereocenters. The van der Waals surface area contributed by atoms with Crippen LogP contribution in [0.1, 0.15) is 23.0 Å². The van der Waals surface area contributed by atoms with Gasteiger partial charge < -0.3 is 20.1 Å². The number of amides is 1. The Kier molecular flexibility index (Phi) is 7.00. The molecule has 1 amide bonds. The van der Waals surface area contributed by atoms with E-state index in [0.29, 0.717) is 24.7 Å². The summed E-state index contributed by atoms with van der Waals surface area (Å²) in [6.45, 7) is 2.80. The van der Waals surface area contributed by atoms with E-state index in [1.807, 2.05) is 42.5 Å². The first kappa shape index (κ1) is 20.1. The Bertz CT molecular complexity index is 928. The van der Waals surface area contributed by atoms with Crippen molar-refractivity contribution in [2.45, 2.75) is 13.3 Å². The lowest BCUT2D eigenvalue weighted by Crippen LogP contribution is -2.29. The van der Waals surface area contributed by atoms with E-state index in [1.165, 1.54) is 5.56 Å². The van der Waals surface area contributed by atoms with Crippen molar-refractivity contribution in [3.63, 3.8) is 0 Å². The predicted octanol–water partition coefficient (Wildman–Crippen LogP) is 3.60. The minimum absolute atomic E-state index is 0.253. The quantitative estimate of drug-likeness (QED) is 0.541. The molecule has 7 nitrogen and oxygen atoms in total. The van der Waals surface area contributed by atoms with E-state index in [0.717, 1.165) is 17.9 Å². The van der Waals surface area contributed by atoms with Gasteiger partial charge in [-0.3, -0.25) is 4.79 Å². The van der Waals surface area contributed by atoms with Gasteiger partial charge in [0.25, 0.3) is 5.91 Å². The van der Waals surface area contributed by atoms with Gasteiger partial charge in [-0.25, -0.2) is 0 Å². The second-order valence-corrected chi connectivity index (χ2v) is 6.22. The van der Waals surface area contributed by atoms with Crippen molar-refractivity contribution in [2.24, 2.45) is 0 Å². The zero-order chi connectivity index (χ0) is 20.5. The molecule has 150 valence electrons. The number of rotatable bonds is 9. The monoisotopic (exact) mass is 392 g/mol. The highest BCUT2D eigenvalue weighted by Gasteiger charge is 2.08. The summed E-state index contributed by atoms with van der Waals surface area (Å²) in [5, 5.41) is 14.1. The van der Waals surface area contributed by atoms with Gasteiger partial charge in [0.05, 0.1) is 13.7 Å². The molecular formula is C22H24N4O3. The molecule has 0 saturated heterocycles. The van der Waals surface area contributed by atoms with Gasteiger partial charge in [0.1, 0.15) is 18.1 Å². The summed E-state index contributed by atoms with van der Waals surface area (Å²) in [6.07, 6.45) is 0.912. The lowest BCUT2D eigenvalue weighted by molar-refractivity contribution is 0.0941. The third-order valence-corrected chi connectivity index (χ3v) is 4.27. The SMILES string of the molecule is CCc1ccccc1Nc1ccc(C(=O)NCCOc2ccc(OC)cc2)nn1. The molecule has 0 aliphatic carbocycles. The Balaban J connectivity index is 1.47. The van der Waals surface area contributed by atoms with Gasteiger partial charge in [0.2, 0.25) is 0 Å². The summed E-state index contributed by atoms with van der Waals surface area (Å²) in [5.41, 5.74) is 2.42. The Hall–Kier alpha value is -3.61. The summed E-state index contributed by atoms with van der Waals surface area (Å²) in [4.78, 5) is 12.2. The fourth-order valence-electron chi connectivity index (χ4n) is 2.70. The molecule has 3 aromatic rings. The van der Waals surface area contributed by atoms with Crippen LogP contribution in [0.4, 0.5) is 11.5 Å². The maximum Gasteiger partial charge on any atom is 0.271 e. The zero-order valence-corrected chi connectivity index (χ0v) is 16.5. The van der Waals surface area contributed by atoms with Gasteiger partial charge in [0.15, 0.2) is 11.5 Å². The standard InChI is InChI=1S/C22H24N4O3/c1-3-16-6-4-5-7-19(16)24-21-13-12-20(25-26-21)22(27)23-14-15-29-18-10-8-17(28-2)9-11-18/h4-13H,3,14-15H2,1-2H3,(H,23,27)(H,24,26). The van der Waals surface area contributed by atoms with Crippen LogP contribution in [0.15, 0.2) is 60.7 Å². The van der Waals surface area contributed by atoms with E-state index in [-0.39, 0.29) is 11.6 Å². The van der Waals surface area contributed by atoms with Gasteiger partial charge in [0, 0.05) is 5.69 Å². The van der Waals surface area contributed by atoms with E-state index in [2.05, 4.69) is 33.8 Å². The molecule has 0 spiro atoms. The second kappa shape index (κ2) is 10.1. The first-order valence-electron chi connectivity index (χ1n) is 9.43. The van der Waals surface area contributed by atoms with E-state index >= 15 is 0 Å². The summed E-state index contributed by atoms with van der Waals surface area (Å²) >= 11 is 0. The molecule has 1 heterocycles. The van der Waals surface area contributed by atoms with Crippen LogP contribution in [-0.2, 0) is 6.42 Å². The average Bonchev–Trinajstić information content (AvgIpc) is 2.78. The smallest absolute Gasteiger partial charge is 0.271 e. The Labute approximate surface area is 170 Å². The molecule has 0 radical (unpaired) electrons. The molecule has 0 aliphatic heterocycles. The molecule has 2 N–H and O–H groups in total. The van der Waals surface area contributed by atoms with Crippen molar-refractivity contribution in [1.29, 1.82) is 0 Å². The van der Waals surface area contributed by atoms with Crippen molar-refractivity contribution in [1.82, 2.24) is 15.5 Å². The number of hydrogen-bond donors (Lipinski definition) is 2. The minimum atomic E-state index is -0.295. The third-order valence-electron chi connectivity index (χ3n) is 4.27. The molecule has 3 rings (SSSR count). The first-order valence-corrected chi connectivity index (χ1v) is 9.43. The number of benzene rings is 2. The molecule has 0 fully saturated rings. The van der Waals surface area contributed by atoms with E-state index in [9.17, 15) is 4.79 Å². The van der Waals surface area contributed by atoms with E-state index < -0.39 is 0 Å². The van der Waals surface area contributed by atoms with Gasteiger partial charge in [-0.2, -0.15) is 0 Å². The number of anilines is 2. The number of carbonyl (C=O) groups excluding carboxylic acids is 1. The van der Waals surface area contributed by atoms with Crippen LogP contribution < -0.4 is 20.1 Å². The van der Waals surface area contributed by atoms with Gasteiger partial charge >= 0.3 is 0 Å². The second-order valence-electron chi connectivity index (χ2n) is 6.22. The molecule has 29 heavy (non-hydrogen) atoms. The molecular weight excluding hydrogens is 368 g/mol. The highest BCUT2D eigenvalue weighted by Crippen LogP contribution is 2.19. The fourth-order valence-corrected chi connectivity index (χ4v) is 2.70. The van der Waals surface area contributed by atoms with Crippen LogP contribution in [0.2, 0.25) is 0 Å². The summed E-state index contributed by atoms with van der Waals surface area (Å²) < 4.78 is 10.7. The van der Waals surface area contributed by atoms with Crippen molar-refractivity contribution < 1.29 is 14.3 Å². The number of carbonyl (C=O) groups is 1. The van der Waals surface area contributed by atoms with Crippen LogP contribution in [-0.4, -0.2) is 36.4 Å². The number of nitrogens with zero attached hydrogens (tertiary/aromatic N) is 2. The van der Waals surface area contributed by atoms with Crippen molar-refractivity contribution in [2.75, 3.05) is 25.6 Å². The van der Waals surface area contributed by atoms with E-state index in [4.69, 9.17) is 9.47 Å².